The predicted molar refractivity (Wildman–Crippen MR) is 113 cm³/mol. The Morgan fingerprint density at radius 2 is 1.86 bits per heavy atom. The molecule has 158 valence electrons. The van der Waals surface area contributed by atoms with Crippen molar-refractivity contribution in [3.8, 4) is 0 Å². The van der Waals surface area contributed by atoms with Crippen molar-refractivity contribution in [2.75, 3.05) is 12.9 Å². The van der Waals surface area contributed by atoms with E-state index in [2.05, 4.69) is 46.2 Å². The number of fused-ring (bicyclic) bond motifs is 1. The summed E-state index contributed by atoms with van der Waals surface area (Å²) >= 11 is 0. The molecule has 0 spiro atoms. The molecule has 7 heteroatoms. The van der Waals surface area contributed by atoms with Gasteiger partial charge < -0.3 is 4.74 Å². The van der Waals surface area contributed by atoms with Crippen LogP contribution in [0.2, 0.25) is 0 Å². The number of sulfonamides is 1. The molecule has 1 fully saturated rings. The minimum absolute atomic E-state index is 0.103. The van der Waals surface area contributed by atoms with Gasteiger partial charge in [0, 0.05) is 11.7 Å². The number of benzene rings is 1. The lowest BCUT2D eigenvalue weighted by Crippen LogP contribution is -2.46. The summed E-state index contributed by atoms with van der Waals surface area (Å²) in [5.74, 6) is 0.616. The van der Waals surface area contributed by atoms with Crippen molar-refractivity contribution >= 4 is 10.0 Å². The molecule has 6 nitrogen and oxygen atoms in total. The number of ether oxygens (including phenoxy) is 1. The molecule has 1 aromatic heterocycles. The summed E-state index contributed by atoms with van der Waals surface area (Å²) in [4.78, 5) is 0. The molecule has 2 atom stereocenters. The Morgan fingerprint density at radius 1 is 1.14 bits per heavy atom. The van der Waals surface area contributed by atoms with E-state index >= 15 is 0 Å². The molecule has 2 aromatic rings. The molecule has 1 N–H and O–H groups in total. The summed E-state index contributed by atoms with van der Waals surface area (Å²) < 4.78 is 34.8. The topological polar surface area (TPSA) is 73.2 Å². The molecule has 0 bridgehead atoms. The normalized spacial score (nSPS) is 27.5. The molecular weight excluding hydrogens is 386 g/mol. The number of nitrogens with one attached hydrogen (secondary N) is 1. The zero-order valence-corrected chi connectivity index (χ0v) is 18.1. The first-order chi connectivity index (χ1) is 13.9. The third-order valence-electron chi connectivity index (χ3n) is 6.24. The Balaban J connectivity index is 1.39. The first-order valence-corrected chi connectivity index (χ1v) is 12.5. The molecule has 2 unspecified atom stereocenters. The van der Waals surface area contributed by atoms with Crippen LogP contribution < -0.4 is 4.72 Å². The Bertz CT molecular complexity index is 918. The van der Waals surface area contributed by atoms with Crippen molar-refractivity contribution < 1.29 is 13.2 Å². The molecule has 4 rings (SSSR count). The van der Waals surface area contributed by atoms with Gasteiger partial charge in [-0.1, -0.05) is 30.3 Å². The Morgan fingerprint density at radius 3 is 2.55 bits per heavy atom. The van der Waals surface area contributed by atoms with Crippen LogP contribution in [-0.4, -0.2) is 43.2 Å². The maximum Gasteiger partial charge on any atom is 0.209 e. The molecule has 0 saturated heterocycles. The average molecular weight is 418 g/mol. The second kappa shape index (κ2) is 8.58. The van der Waals surface area contributed by atoms with Crippen molar-refractivity contribution in [1.29, 1.82) is 0 Å². The molecule has 0 amide bonds. The van der Waals surface area contributed by atoms with Gasteiger partial charge >= 0.3 is 0 Å². The van der Waals surface area contributed by atoms with Gasteiger partial charge in [0.2, 0.25) is 10.0 Å². The number of aryl methyl sites for hydroxylation is 2. The fourth-order valence-electron chi connectivity index (χ4n) is 4.83. The summed E-state index contributed by atoms with van der Waals surface area (Å²) in [6, 6.07) is 12.5. The first-order valence-electron chi connectivity index (χ1n) is 10.6. The van der Waals surface area contributed by atoms with Gasteiger partial charge in [-0.15, -0.1) is 0 Å². The van der Waals surface area contributed by atoms with Crippen LogP contribution in [0.3, 0.4) is 0 Å². The van der Waals surface area contributed by atoms with E-state index in [1.807, 2.05) is 11.6 Å². The fourth-order valence-corrected chi connectivity index (χ4v) is 5.66. The number of aromatic nitrogens is 2. The van der Waals surface area contributed by atoms with Gasteiger partial charge in [-0.2, -0.15) is 5.10 Å². The minimum atomic E-state index is -3.28. The van der Waals surface area contributed by atoms with E-state index in [-0.39, 0.29) is 18.2 Å². The zero-order chi connectivity index (χ0) is 20.4. The standard InChI is InChI=1S/C22H31N3O3S/c1-16-14-19-10-13-21(24-29(2,26)27)22(25(19)23-16)15-28-20-11-8-18(9-12-20)17-6-4-3-5-7-17/h3-7,14,18,20-22,24H,8-13,15H2,1-2H3. The second-order valence-electron chi connectivity index (χ2n) is 8.54. The smallest absolute Gasteiger partial charge is 0.209 e. The van der Waals surface area contributed by atoms with Gasteiger partial charge in [0.1, 0.15) is 0 Å². The number of nitrogens with zero attached hydrogens (tertiary/aromatic N) is 2. The van der Waals surface area contributed by atoms with E-state index in [9.17, 15) is 8.42 Å². The molecule has 2 aliphatic rings. The Kier molecular flexibility index (Phi) is 6.08. The SMILES string of the molecule is Cc1cc2n(n1)C(COC1CCC(c3ccccc3)CC1)C(NS(C)(=O)=O)CC2. The Labute approximate surface area is 173 Å². The van der Waals surface area contributed by atoms with Crippen LogP contribution in [0, 0.1) is 6.92 Å². The van der Waals surface area contributed by atoms with E-state index in [4.69, 9.17) is 4.74 Å². The summed E-state index contributed by atoms with van der Waals surface area (Å²) in [5, 5.41) is 4.63. The lowest BCUT2D eigenvalue weighted by molar-refractivity contribution is -0.00333. The largest absolute Gasteiger partial charge is 0.376 e. The molecule has 29 heavy (non-hydrogen) atoms. The van der Waals surface area contributed by atoms with Crippen LogP contribution in [0.5, 0.6) is 0 Å². The van der Waals surface area contributed by atoms with Crippen molar-refractivity contribution in [3.05, 3.63) is 53.3 Å². The zero-order valence-electron chi connectivity index (χ0n) is 17.3. The lowest BCUT2D eigenvalue weighted by atomic mass is 9.83. The van der Waals surface area contributed by atoms with Gasteiger partial charge in [0.25, 0.3) is 0 Å². The summed E-state index contributed by atoms with van der Waals surface area (Å²) in [7, 11) is -3.28. The van der Waals surface area contributed by atoms with Crippen molar-refractivity contribution in [2.24, 2.45) is 0 Å². The van der Waals surface area contributed by atoms with Gasteiger partial charge in [-0.3, -0.25) is 4.68 Å². The Hall–Kier alpha value is -1.70. The highest BCUT2D eigenvalue weighted by Gasteiger charge is 2.33. The lowest BCUT2D eigenvalue weighted by Gasteiger charge is -2.35. The van der Waals surface area contributed by atoms with Crippen LogP contribution in [0.15, 0.2) is 36.4 Å². The van der Waals surface area contributed by atoms with E-state index in [1.165, 1.54) is 11.8 Å². The summed E-state index contributed by atoms with van der Waals surface area (Å²) in [6.07, 6.45) is 7.41. The highest BCUT2D eigenvalue weighted by molar-refractivity contribution is 7.88. The number of hydrogen-bond acceptors (Lipinski definition) is 4. The van der Waals surface area contributed by atoms with Gasteiger partial charge in [0.15, 0.2) is 0 Å². The molecule has 1 aromatic carbocycles. The fraction of sp³-hybridized carbons (Fsp3) is 0.591. The van der Waals surface area contributed by atoms with E-state index in [1.54, 1.807) is 0 Å². The molecular formula is C22H31N3O3S. The third-order valence-corrected chi connectivity index (χ3v) is 6.97. The quantitative estimate of drug-likeness (QED) is 0.782. The number of hydrogen-bond donors (Lipinski definition) is 1. The van der Waals surface area contributed by atoms with Crippen LogP contribution in [0.1, 0.15) is 61.0 Å². The van der Waals surface area contributed by atoms with Gasteiger partial charge in [-0.05, 0) is 63.0 Å². The first kappa shape index (κ1) is 20.6. The van der Waals surface area contributed by atoms with E-state index < -0.39 is 10.0 Å². The van der Waals surface area contributed by atoms with Gasteiger partial charge in [-0.25, -0.2) is 13.1 Å². The molecule has 1 aliphatic carbocycles. The molecule has 0 radical (unpaired) electrons. The number of rotatable bonds is 6. The highest BCUT2D eigenvalue weighted by Crippen LogP contribution is 2.35. The molecule has 1 saturated carbocycles. The van der Waals surface area contributed by atoms with Crippen molar-refractivity contribution in [1.82, 2.24) is 14.5 Å². The van der Waals surface area contributed by atoms with Crippen LogP contribution >= 0.6 is 0 Å². The van der Waals surface area contributed by atoms with E-state index in [0.717, 1.165) is 49.9 Å². The van der Waals surface area contributed by atoms with Crippen LogP contribution in [0.4, 0.5) is 0 Å². The maximum atomic E-state index is 11.9. The summed E-state index contributed by atoms with van der Waals surface area (Å²) in [5.41, 5.74) is 3.55. The van der Waals surface area contributed by atoms with Crippen molar-refractivity contribution in [2.45, 2.75) is 69.6 Å². The monoisotopic (exact) mass is 417 g/mol. The average Bonchev–Trinajstić information content (AvgIpc) is 3.07. The summed E-state index contributed by atoms with van der Waals surface area (Å²) in [6.45, 7) is 2.47. The van der Waals surface area contributed by atoms with Crippen LogP contribution in [0.25, 0.3) is 0 Å². The second-order valence-corrected chi connectivity index (χ2v) is 10.3. The minimum Gasteiger partial charge on any atom is -0.376 e. The highest BCUT2D eigenvalue weighted by atomic mass is 32.2. The van der Waals surface area contributed by atoms with Crippen molar-refractivity contribution in [3.63, 3.8) is 0 Å². The van der Waals surface area contributed by atoms with E-state index in [0.29, 0.717) is 12.5 Å². The molecule has 1 aliphatic heterocycles. The van der Waals surface area contributed by atoms with Gasteiger partial charge in [0.05, 0.1) is 30.7 Å². The third kappa shape index (κ3) is 5.08. The van der Waals surface area contributed by atoms with Crippen LogP contribution in [-0.2, 0) is 21.2 Å². The molecule has 2 heterocycles. The maximum absolute atomic E-state index is 11.9. The predicted octanol–water partition coefficient (Wildman–Crippen LogP) is 3.34.